The lowest BCUT2D eigenvalue weighted by Crippen LogP contribution is -2.46. The van der Waals surface area contributed by atoms with E-state index in [1.54, 1.807) is 0 Å². The van der Waals surface area contributed by atoms with Gasteiger partial charge in [0.15, 0.2) is 0 Å². The molecular formula is C61H117NO5. The number of carbonyl (C=O) groups excluding carboxylic acids is 2. The lowest BCUT2D eigenvalue weighted by atomic mass is 10.0. The summed E-state index contributed by atoms with van der Waals surface area (Å²) in [7, 11) is 0. The first-order valence-electron chi connectivity index (χ1n) is 30.1. The summed E-state index contributed by atoms with van der Waals surface area (Å²) >= 11 is 0. The highest BCUT2D eigenvalue weighted by molar-refractivity contribution is 5.77. The van der Waals surface area contributed by atoms with Crippen molar-refractivity contribution in [1.82, 2.24) is 5.32 Å². The van der Waals surface area contributed by atoms with Crippen LogP contribution in [-0.2, 0) is 14.3 Å². The van der Waals surface area contributed by atoms with E-state index in [0.29, 0.717) is 19.3 Å². The first-order chi connectivity index (χ1) is 33.0. The first-order valence-corrected chi connectivity index (χ1v) is 30.1. The molecule has 0 aromatic carbocycles. The molecule has 396 valence electrons. The molecule has 0 aromatic heterocycles. The fraction of sp³-hybridized carbons (Fsp3) is 0.902. The third-order valence-corrected chi connectivity index (χ3v) is 14.1. The normalized spacial score (nSPS) is 13.2. The summed E-state index contributed by atoms with van der Waals surface area (Å²) < 4.78 is 5.94. The molecule has 0 saturated carbocycles. The first kappa shape index (κ1) is 65.3. The van der Waals surface area contributed by atoms with E-state index >= 15 is 0 Å². The van der Waals surface area contributed by atoms with Crippen molar-refractivity contribution in [2.75, 3.05) is 6.61 Å². The summed E-state index contributed by atoms with van der Waals surface area (Å²) in [5.74, 6) is -0.500. The van der Waals surface area contributed by atoms with Gasteiger partial charge in [-0.25, -0.2) is 0 Å². The minimum Gasteiger partial charge on any atom is -0.462 e. The van der Waals surface area contributed by atoms with Crippen molar-refractivity contribution in [2.24, 2.45) is 0 Å². The van der Waals surface area contributed by atoms with Gasteiger partial charge in [0.1, 0.15) is 6.10 Å². The summed E-state index contributed by atoms with van der Waals surface area (Å²) in [5, 5.41) is 23.9. The van der Waals surface area contributed by atoms with Crippen LogP contribution in [0.15, 0.2) is 24.3 Å². The lowest BCUT2D eigenvalue weighted by Gasteiger charge is -2.24. The maximum absolute atomic E-state index is 13.3. The van der Waals surface area contributed by atoms with E-state index in [2.05, 4.69) is 50.4 Å². The number of allylic oxidation sites excluding steroid dienone is 4. The van der Waals surface area contributed by atoms with Crippen molar-refractivity contribution in [3.63, 3.8) is 0 Å². The van der Waals surface area contributed by atoms with Gasteiger partial charge in [-0.05, 0) is 44.9 Å². The van der Waals surface area contributed by atoms with Crippen molar-refractivity contribution in [3.05, 3.63) is 24.3 Å². The average molecular weight is 945 g/mol. The monoisotopic (exact) mass is 944 g/mol. The molecule has 3 N–H and O–H groups in total. The molecule has 0 aliphatic rings. The Labute approximate surface area is 418 Å². The molecule has 3 unspecified atom stereocenters. The zero-order valence-corrected chi connectivity index (χ0v) is 45.3. The Bertz CT molecular complexity index is 1060. The summed E-state index contributed by atoms with van der Waals surface area (Å²) in [6.45, 7) is 6.51. The Balaban J connectivity index is 4.51. The standard InChI is InChI=1S/C61H117NO5/c1-4-7-10-13-16-19-22-25-28-29-30-31-33-36-39-42-45-48-51-54-61(66)67-57(52-49-46-43-40-37-34-27-24-21-18-15-12-9-6-3)55-60(65)62-58(56-63)59(64)53-50-47-44-41-38-35-32-26-23-20-17-14-11-8-5-2/h34,37,40,43,57-59,63-64H,4-33,35-36,38-39,41-42,44-56H2,1-3H3,(H,62,65)/b37-34+,43-40+. The summed E-state index contributed by atoms with van der Waals surface area (Å²) in [4.78, 5) is 26.3. The molecular weight excluding hydrogens is 827 g/mol. The summed E-state index contributed by atoms with van der Waals surface area (Å²) in [5.41, 5.74) is 0. The number of carbonyl (C=O) groups is 2. The van der Waals surface area contributed by atoms with Crippen molar-refractivity contribution < 1.29 is 24.5 Å². The maximum atomic E-state index is 13.3. The topological polar surface area (TPSA) is 95.9 Å². The highest BCUT2D eigenvalue weighted by atomic mass is 16.5. The van der Waals surface area contributed by atoms with Gasteiger partial charge < -0.3 is 20.3 Å². The Morgan fingerprint density at radius 2 is 0.761 bits per heavy atom. The van der Waals surface area contributed by atoms with Crippen LogP contribution >= 0.6 is 0 Å². The molecule has 3 atom stereocenters. The second kappa shape index (κ2) is 55.3. The van der Waals surface area contributed by atoms with Crippen LogP contribution in [0.1, 0.15) is 329 Å². The zero-order valence-electron chi connectivity index (χ0n) is 45.3. The fourth-order valence-electron chi connectivity index (χ4n) is 9.49. The van der Waals surface area contributed by atoms with Gasteiger partial charge in [0.05, 0.1) is 25.2 Å². The number of esters is 1. The van der Waals surface area contributed by atoms with E-state index in [4.69, 9.17) is 4.74 Å². The maximum Gasteiger partial charge on any atom is 0.306 e. The summed E-state index contributed by atoms with van der Waals surface area (Å²) in [6.07, 6.45) is 65.4. The van der Waals surface area contributed by atoms with Crippen LogP contribution in [0.2, 0.25) is 0 Å². The number of unbranched alkanes of at least 4 members (excludes halogenated alkanes) is 40. The number of hydrogen-bond donors (Lipinski definition) is 3. The fourth-order valence-corrected chi connectivity index (χ4v) is 9.49. The van der Waals surface area contributed by atoms with Gasteiger partial charge in [0.25, 0.3) is 0 Å². The second-order valence-corrected chi connectivity index (χ2v) is 20.8. The molecule has 0 aromatic rings. The molecule has 0 aliphatic heterocycles. The van der Waals surface area contributed by atoms with Crippen LogP contribution in [-0.4, -0.2) is 46.9 Å². The molecule has 0 saturated heterocycles. The molecule has 6 nitrogen and oxygen atoms in total. The molecule has 0 spiro atoms. The van der Waals surface area contributed by atoms with Crippen LogP contribution in [0, 0.1) is 0 Å². The van der Waals surface area contributed by atoms with E-state index in [0.717, 1.165) is 57.8 Å². The zero-order chi connectivity index (χ0) is 48.8. The van der Waals surface area contributed by atoms with Gasteiger partial charge >= 0.3 is 5.97 Å². The number of aliphatic hydroxyl groups excluding tert-OH is 2. The minimum absolute atomic E-state index is 0.0508. The Morgan fingerprint density at radius 3 is 1.13 bits per heavy atom. The average Bonchev–Trinajstić information content (AvgIpc) is 3.32. The third kappa shape index (κ3) is 50.5. The third-order valence-electron chi connectivity index (χ3n) is 14.1. The SMILES string of the molecule is CCCCCCCCC/C=C/C=C/CCCC(CC(=O)NC(CO)C(O)CCCCCCCCCCCCCCCCC)OC(=O)CCCCCCCCCCCCCCCCCCCCC. The number of nitrogens with one attached hydrogen (secondary N) is 1. The van der Waals surface area contributed by atoms with Crippen molar-refractivity contribution in [3.8, 4) is 0 Å². The van der Waals surface area contributed by atoms with Crippen molar-refractivity contribution in [1.29, 1.82) is 0 Å². The van der Waals surface area contributed by atoms with E-state index in [-0.39, 0.29) is 24.9 Å². The lowest BCUT2D eigenvalue weighted by molar-refractivity contribution is -0.151. The van der Waals surface area contributed by atoms with Crippen molar-refractivity contribution >= 4 is 11.9 Å². The van der Waals surface area contributed by atoms with Crippen LogP contribution in [0.4, 0.5) is 0 Å². The molecule has 0 bridgehead atoms. The van der Waals surface area contributed by atoms with Gasteiger partial charge in [-0.3, -0.25) is 9.59 Å². The van der Waals surface area contributed by atoms with Gasteiger partial charge in [0.2, 0.25) is 5.91 Å². The molecule has 0 fully saturated rings. The highest BCUT2D eigenvalue weighted by Crippen LogP contribution is 2.19. The van der Waals surface area contributed by atoms with Crippen LogP contribution in [0.25, 0.3) is 0 Å². The number of ether oxygens (including phenoxy) is 1. The molecule has 0 rings (SSSR count). The quantitative estimate of drug-likeness (QED) is 0.0321. The smallest absolute Gasteiger partial charge is 0.306 e. The van der Waals surface area contributed by atoms with Gasteiger partial charge in [0, 0.05) is 6.42 Å². The molecule has 0 aliphatic carbocycles. The molecule has 67 heavy (non-hydrogen) atoms. The molecule has 1 amide bonds. The number of amides is 1. The minimum atomic E-state index is -0.796. The van der Waals surface area contributed by atoms with Crippen LogP contribution < -0.4 is 5.32 Å². The second-order valence-electron chi connectivity index (χ2n) is 20.8. The Kier molecular flexibility index (Phi) is 53.9. The number of rotatable bonds is 55. The highest BCUT2D eigenvalue weighted by Gasteiger charge is 2.24. The predicted molar refractivity (Wildman–Crippen MR) is 292 cm³/mol. The van der Waals surface area contributed by atoms with Gasteiger partial charge in [-0.1, -0.05) is 295 Å². The van der Waals surface area contributed by atoms with E-state index in [1.807, 2.05) is 0 Å². The molecule has 0 heterocycles. The summed E-state index contributed by atoms with van der Waals surface area (Å²) in [6, 6.07) is -0.712. The van der Waals surface area contributed by atoms with Gasteiger partial charge in [-0.2, -0.15) is 0 Å². The van der Waals surface area contributed by atoms with Crippen LogP contribution in [0.3, 0.4) is 0 Å². The number of hydrogen-bond acceptors (Lipinski definition) is 5. The Morgan fingerprint density at radius 1 is 0.433 bits per heavy atom. The van der Waals surface area contributed by atoms with E-state index in [1.165, 1.54) is 225 Å². The van der Waals surface area contributed by atoms with Crippen LogP contribution in [0.5, 0.6) is 0 Å². The Hall–Kier alpha value is -1.66. The predicted octanol–water partition coefficient (Wildman–Crippen LogP) is 18.6. The molecule has 0 radical (unpaired) electrons. The van der Waals surface area contributed by atoms with Crippen molar-refractivity contribution in [2.45, 2.75) is 347 Å². The van der Waals surface area contributed by atoms with E-state index < -0.39 is 18.2 Å². The van der Waals surface area contributed by atoms with E-state index in [9.17, 15) is 19.8 Å². The molecule has 6 heteroatoms. The number of aliphatic hydroxyl groups is 2. The largest absolute Gasteiger partial charge is 0.462 e. The van der Waals surface area contributed by atoms with Gasteiger partial charge in [-0.15, -0.1) is 0 Å².